The Bertz CT molecular complexity index is 1390. The zero-order valence-corrected chi connectivity index (χ0v) is 18.9. The van der Waals surface area contributed by atoms with Gasteiger partial charge in [-0.05, 0) is 37.3 Å². The number of benzene rings is 3. The zero-order valence-electron chi connectivity index (χ0n) is 17.3. The molecule has 6 heteroatoms. The van der Waals surface area contributed by atoms with E-state index in [-0.39, 0.29) is 11.7 Å². The molecule has 0 atom stereocenters. The summed E-state index contributed by atoms with van der Waals surface area (Å²) in [5, 5.41) is 1.02. The lowest BCUT2D eigenvalue weighted by molar-refractivity contribution is -0.113. The van der Waals surface area contributed by atoms with Gasteiger partial charge in [0.25, 0.3) is 5.91 Å². The third-order valence-electron chi connectivity index (χ3n) is 5.65. The highest BCUT2D eigenvalue weighted by atomic mass is 32.2. The number of anilines is 1. The fraction of sp³-hybridized carbons (Fsp3) is 0.0769. The number of carbonyl (C=O) groups is 1. The van der Waals surface area contributed by atoms with Crippen LogP contribution in [0.25, 0.3) is 17.0 Å². The van der Waals surface area contributed by atoms with Crippen molar-refractivity contribution in [3.05, 3.63) is 106 Å². The smallest absolute Gasteiger partial charge is 0.270 e. The maximum Gasteiger partial charge on any atom is 0.270 e. The number of thiocarbonyl (C=S) groups is 1. The largest absolute Gasteiger partial charge is 0.340 e. The van der Waals surface area contributed by atoms with Crippen molar-refractivity contribution >= 4 is 56.9 Å². The molecule has 0 radical (unpaired) electrons. The van der Waals surface area contributed by atoms with Gasteiger partial charge in [0.05, 0.1) is 17.1 Å². The summed E-state index contributed by atoms with van der Waals surface area (Å²) in [6.07, 6.45) is 1.91. The number of halogens is 1. The minimum absolute atomic E-state index is 0.128. The normalized spacial score (nSPS) is 15.3. The Kier molecular flexibility index (Phi) is 5.41. The predicted octanol–water partition coefficient (Wildman–Crippen LogP) is 6.54. The number of fused-ring (bicyclic) bond motifs is 1. The molecular weight excluding hydrogens is 439 g/mol. The van der Waals surface area contributed by atoms with Crippen molar-refractivity contribution in [3.8, 4) is 0 Å². The van der Waals surface area contributed by atoms with Gasteiger partial charge in [-0.2, -0.15) is 0 Å². The summed E-state index contributed by atoms with van der Waals surface area (Å²) >= 11 is 6.81. The van der Waals surface area contributed by atoms with Crippen LogP contribution in [0, 0.1) is 12.7 Å². The van der Waals surface area contributed by atoms with E-state index in [0.717, 1.165) is 27.8 Å². The number of amides is 1. The Morgan fingerprint density at radius 1 is 0.969 bits per heavy atom. The van der Waals surface area contributed by atoms with Gasteiger partial charge in [-0.3, -0.25) is 9.69 Å². The van der Waals surface area contributed by atoms with Crippen LogP contribution in [-0.4, -0.2) is 14.8 Å². The third-order valence-corrected chi connectivity index (χ3v) is 6.95. The van der Waals surface area contributed by atoms with Crippen LogP contribution in [0.2, 0.25) is 0 Å². The van der Waals surface area contributed by atoms with Gasteiger partial charge >= 0.3 is 0 Å². The van der Waals surface area contributed by atoms with E-state index >= 15 is 0 Å². The third kappa shape index (κ3) is 3.55. The van der Waals surface area contributed by atoms with Gasteiger partial charge in [0.1, 0.15) is 5.82 Å². The highest BCUT2D eigenvalue weighted by Crippen LogP contribution is 2.38. The number of thioether (sulfide) groups is 1. The summed E-state index contributed by atoms with van der Waals surface area (Å²) in [7, 11) is 0. The van der Waals surface area contributed by atoms with Crippen LogP contribution >= 0.6 is 24.0 Å². The minimum Gasteiger partial charge on any atom is -0.340 e. The topological polar surface area (TPSA) is 25.2 Å². The number of carbonyl (C=O) groups excluding carboxylic acids is 1. The molecule has 1 fully saturated rings. The molecule has 1 aromatic heterocycles. The van der Waals surface area contributed by atoms with E-state index in [9.17, 15) is 9.18 Å². The summed E-state index contributed by atoms with van der Waals surface area (Å²) in [4.78, 5) is 15.4. The van der Waals surface area contributed by atoms with Gasteiger partial charge in [-0.1, -0.05) is 78.6 Å². The molecule has 4 aromatic rings. The molecular formula is C26H19FN2OS2. The highest BCUT2D eigenvalue weighted by Gasteiger charge is 2.33. The molecule has 3 nitrogen and oxygen atoms in total. The van der Waals surface area contributed by atoms with E-state index < -0.39 is 0 Å². The van der Waals surface area contributed by atoms with E-state index in [2.05, 4.69) is 4.57 Å². The van der Waals surface area contributed by atoms with Crippen molar-refractivity contribution in [2.75, 3.05) is 4.90 Å². The molecule has 32 heavy (non-hydrogen) atoms. The number of rotatable bonds is 4. The molecule has 1 saturated heterocycles. The van der Waals surface area contributed by atoms with Crippen LogP contribution in [-0.2, 0) is 11.3 Å². The predicted molar refractivity (Wildman–Crippen MR) is 134 cm³/mol. The standard InChI is InChI=1S/C26H19FN2OS2/c1-17-21(15-24-25(30)29(26(31)32-24)19-10-3-2-4-11-19)20-12-6-8-14-23(20)28(17)16-18-9-5-7-13-22(18)27/h2-15H,16H2,1H3/b24-15+. The van der Waals surface area contributed by atoms with Crippen LogP contribution < -0.4 is 4.90 Å². The maximum atomic E-state index is 14.3. The van der Waals surface area contributed by atoms with Crippen LogP contribution in [0.15, 0.2) is 83.8 Å². The van der Waals surface area contributed by atoms with Gasteiger partial charge in [0.2, 0.25) is 0 Å². The second-order valence-corrected chi connectivity index (χ2v) is 9.22. The number of para-hydroxylation sites is 2. The monoisotopic (exact) mass is 458 g/mol. The Hall–Kier alpha value is -3.22. The molecule has 2 heterocycles. The van der Waals surface area contributed by atoms with Gasteiger partial charge in [0.15, 0.2) is 4.32 Å². The van der Waals surface area contributed by atoms with Gasteiger partial charge < -0.3 is 4.57 Å². The first-order chi connectivity index (χ1) is 15.5. The second kappa shape index (κ2) is 8.37. The van der Waals surface area contributed by atoms with Crippen molar-refractivity contribution in [1.29, 1.82) is 0 Å². The molecule has 0 bridgehead atoms. The average molecular weight is 459 g/mol. The Labute approximate surface area is 195 Å². The summed E-state index contributed by atoms with van der Waals surface area (Å²) < 4.78 is 17.0. The SMILES string of the molecule is Cc1c(/C=C2/SC(=S)N(c3ccccc3)C2=O)c2ccccc2n1Cc1ccccc1F. The summed E-state index contributed by atoms with van der Waals surface area (Å²) in [5.74, 6) is -0.355. The van der Waals surface area contributed by atoms with Gasteiger partial charge in [0, 0.05) is 27.7 Å². The molecule has 0 saturated carbocycles. The molecule has 0 N–H and O–H groups in total. The quantitative estimate of drug-likeness (QED) is 0.256. The highest BCUT2D eigenvalue weighted by molar-refractivity contribution is 8.27. The molecule has 3 aromatic carbocycles. The molecule has 1 aliphatic heterocycles. The van der Waals surface area contributed by atoms with Crippen LogP contribution in [0.4, 0.5) is 10.1 Å². The minimum atomic E-state index is -0.227. The lowest BCUT2D eigenvalue weighted by Crippen LogP contribution is -2.27. The summed E-state index contributed by atoms with van der Waals surface area (Å²) in [6.45, 7) is 2.42. The fourth-order valence-electron chi connectivity index (χ4n) is 4.04. The number of hydrogen-bond acceptors (Lipinski definition) is 3. The Morgan fingerprint density at radius 2 is 1.66 bits per heavy atom. The van der Waals surface area contributed by atoms with Gasteiger partial charge in [-0.25, -0.2) is 4.39 Å². The first kappa shape index (κ1) is 20.7. The maximum absolute atomic E-state index is 14.3. The van der Waals surface area contributed by atoms with Crippen molar-refractivity contribution in [2.45, 2.75) is 13.5 Å². The molecule has 0 spiro atoms. The van der Waals surface area contributed by atoms with E-state index in [0.29, 0.717) is 21.3 Å². The van der Waals surface area contributed by atoms with Crippen LogP contribution in [0.1, 0.15) is 16.8 Å². The molecule has 158 valence electrons. The van der Waals surface area contributed by atoms with Crippen molar-refractivity contribution in [3.63, 3.8) is 0 Å². The fourth-order valence-corrected chi connectivity index (χ4v) is 5.32. The van der Waals surface area contributed by atoms with Crippen LogP contribution in [0.3, 0.4) is 0 Å². The van der Waals surface area contributed by atoms with Crippen molar-refractivity contribution in [2.24, 2.45) is 0 Å². The summed E-state index contributed by atoms with van der Waals surface area (Å²) in [5.41, 5.74) is 4.30. The summed E-state index contributed by atoms with van der Waals surface area (Å²) in [6, 6.07) is 24.2. The number of nitrogens with zero attached hydrogens (tertiary/aromatic N) is 2. The molecule has 0 unspecified atom stereocenters. The van der Waals surface area contributed by atoms with Crippen molar-refractivity contribution in [1.82, 2.24) is 4.57 Å². The van der Waals surface area contributed by atoms with E-state index in [1.807, 2.05) is 73.7 Å². The molecule has 1 aliphatic rings. The van der Waals surface area contributed by atoms with E-state index in [1.165, 1.54) is 17.8 Å². The Morgan fingerprint density at radius 3 is 2.44 bits per heavy atom. The number of hydrogen-bond donors (Lipinski definition) is 0. The van der Waals surface area contributed by atoms with Crippen LogP contribution in [0.5, 0.6) is 0 Å². The zero-order chi connectivity index (χ0) is 22.2. The lowest BCUT2D eigenvalue weighted by atomic mass is 10.1. The average Bonchev–Trinajstić information content (AvgIpc) is 3.23. The second-order valence-electron chi connectivity index (χ2n) is 7.55. The first-order valence-electron chi connectivity index (χ1n) is 10.2. The Balaban J connectivity index is 1.59. The van der Waals surface area contributed by atoms with Gasteiger partial charge in [-0.15, -0.1) is 0 Å². The lowest BCUT2D eigenvalue weighted by Gasteiger charge is -2.13. The number of aromatic nitrogens is 1. The first-order valence-corrected chi connectivity index (χ1v) is 11.4. The molecule has 5 rings (SSSR count). The molecule has 1 amide bonds. The van der Waals surface area contributed by atoms with E-state index in [4.69, 9.17) is 12.2 Å². The van der Waals surface area contributed by atoms with Crippen molar-refractivity contribution < 1.29 is 9.18 Å². The van der Waals surface area contributed by atoms with E-state index in [1.54, 1.807) is 17.0 Å². The molecule has 0 aliphatic carbocycles.